The van der Waals surface area contributed by atoms with Crippen molar-refractivity contribution in [3.8, 4) is 11.3 Å². The Morgan fingerprint density at radius 2 is 2.00 bits per heavy atom. The molecule has 3 N–H and O–H groups in total. The number of hydrogen-bond acceptors (Lipinski definition) is 4. The lowest BCUT2D eigenvalue weighted by atomic mass is 10.1. The van der Waals surface area contributed by atoms with Crippen molar-refractivity contribution in [3.63, 3.8) is 0 Å². The van der Waals surface area contributed by atoms with Gasteiger partial charge in [0.25, 0.3) is 5.91 Å². The highest BCUT2D eigenvalue weighted by Gasteiger charge is 2.20. The van der Waals surface area contributed by atoms with Gasteiger partial charge in [0, 0.05) is 41.5 Å². The van der Waals surface area contributed by atoms with Crippen LogP contribution in [0.4, 0.5) is 11.5 Å². The first-order valence-corrected chi connectivity index (χ1v) is 8.85. The summed E-state index contributed by atoms with van der Waals surface area (Å²) in [5, 5.41) is 7.21. The average Bonchev–Trinajstić information content (AvgIpc) is 3.14. The lowest BCUT2D eigenvalue weighted by Gasteiger charge is -2.11. The maximum absolute atomic E-state index is 12.1. The molecule has 0 radical (unpaired) electrons. The van der Waals surface area contributed by atoms with Crippen LogP contribution in [0.15, 0.2) is 60.9 Å². The van der Waals surface area contributed by atoms with E-state index in [0.717, 1.165) is 51.3 Å². The second-order valence-electron chi connectivity index (χ2n) is 6.52. The smallest absolute Gasteiger partial charge is 0.253 e. The zero-order valence-corrected chi connectivity index (χ0v) is 14.5. The van der Waals surface area contributed by atoms with Crippen LogP contribution in [0.25, 0.3) is 22.2 Å². The number of aromatic nitrogens is 3. The monoisotopic (exact) mass is 355 g/mol. The van der Waals surface area contributed by atoms with Crippen molar-refractivity contribution in [2.45, 2.75) is 6.42 Å². The van der Waals surface area contributed by atoms with Crippen molar-refractivity contribution in [1.29, 1.82) is 0 Å². The number of nitrogens with zero attached hydrogens (tertiary/aromatic N) is 2. The summed E-state index contributed by atoms with van der Waals surface area (Å²) >= 11 is 0. The predicted molar refractivity (Wildman–Crippen MR) is 105 cm³/mol. The number of hydrogen-bond donors (Lipinski definition) is 3. The topological polar surface area (TPSA) is 82.7 Å². The summed E-state index contributed by atoms with van der Waals surface area (Å²) in [6.45, 7) is 0.665. The van der Waals surface area contributed by atoms with Gasteiger partial charge in [-0.25, -0.2) is 4.98 Å². The minimum Gasteiger partial charge on any atom is -0.358 e. The highest BCUT2D eigenvalue weighted by molar-refractivity contribution is 6.00. The number of para-hydroxylation sites is 1. The maximum atomic E-state index is 12.1. The van der Waals surface area contributed by atoms with Gasteiger partial charge in [0.2, 0.25) is 0 Å². The summed E-state index contributed by atoms with van der Waals surface area (Å²) in [7, 11) is 0. The normalized spacial score (nSPS) is 13.3. The van der Waals surface area contributed by atoms with Crippen molar-refractivity contribution in [1.82, 2.24) is 20.3 Å². The van der Waals surface area contributed by atoms with Crippen LogP contribution in [0.2, 0.25) is 0 Å². The fourth-order valence-electron chi connectivity index (χ4n) is 3.46. The summed E-state index contributed by atoms with van der Waals surface area (Å²) in [6.07, 6.45) is 4.31. The minimum absolute atomic E-state index is 0.0223. The lowest BCUT2D eigenvalue weighted by molar-refractivity contribution is 0.0946. The van der Waals surface area contributed by atoms with E-state index in [4.69, 9.17) is 4.98 Å². The molecule has 1 aromatic carbocycles. The van der Waals surface area contributed by atoms with Crippen LogP contribution in [-0.2, 0) is 6.42 Å². The average molecular weight is 355 g/mol. The van der Waals surface area contributed by atoms with Gasteiger partial charge in [-0.2, -0.15) is 0 Å². The van der Waals surface area contributed by atoms with Gasteiger partial charge in [0.1, 0.15) is 5.82 Å². The third-order valence-corrected chi connectivity index (χ3v) is 4.75. The van der Waals surface area contributed by atoms with Crippen LogP contribution in [0.3, 0.4) is 0 Å². The van der Waals surface area contributed by atoms with Crippen molar-refractivity contribution in [3.05, 3.63) is 72.2 Å². The minimum atomic E-state index is -0.0223. The molecule has 5 rings (SSSR count). The molecule has 4 heterocycles. The van der Waals surface area contributed by atoms with Crippen molar-refractivity contribution < 1.29 is 4.79 Å². The molecule has 6 nitrogen and oxygen atoms in total. The summed E-state index contributed by atoms with van der Waals surface area (Å²) in [5.74, 6) is 0.725. The van der Waals surface area contributed by atoms with Gasteiger partial charge in [-0.3, -0.25) is 9.78 Å². The SMILES string of the molecule is O=C1NCCc2[nH]c(-c3cccc4ccc(Nc5cccnc5)nc34)cc21. The van der Waals surface area contributed by atoms with E-state index in [1.54, 1.807) is 12.4 Å². The summed E-state index contributed by atoms with van der Waals surface area (Å²) < 4.78 is 0. The van der Waals surface area contributed by atoms with Gasteiger partial charge in [0.15, 0.2) is 0 Å². The first-order chi connectivity index (χ1) is 13.3. The number of fused-ring (bicyclic) bond motifs is 2. The number of aromatic amines is 1. The van der Waals surface area contributed by atoms with Crippen molar-refractivity contribution in [2.24, 2.45) is 0 Å². The van der Waals surface area contributed by atoms with E-state index in [2.05, 4.69) is 20.6 Å². The summed E-state index contributed by atoms with van der Waals surface area (Å²) in [6, 6.07) is 15.8. The van der Waals surface area contributed by atoms with Crippen molar-refractivity contribution in [2.75, 3.05) is 11.9 Å². The molecule has 3 aromatic heterocycles. The second-order valence-corrected chi connectivity index (χ2v) is 6.52. The first kappa shape index (κ1) is 15.6. The summed E-state index contributed by atoms with van der Waals surface area (Å²) in [4.78, 5) is 24.4. The Kier molecular flexibility index (Phi) is 3.60. The summed E-state index contributed by atoms with van der Waals surface area (Å²) in [5.41, 5.74) is 5.35. The molecule has 0 unspecified atom stereocenters. The number of anilines is 2. The number of carbonyl (C=O) groups excluding carboxylic acids is 1. The van der Waals surface area contributed by atoms with E-state index in [-0.39, 0.29) is 5.91 Å². The number of amides is 1. The fourth-order valence-corrected chi connectivity index (χ4v) is 3.46. The van der Waals surface area contributed by atoms with E-state index in [1.807, 2.05) is 48.5 Å². The highest BCUT2D eigenvalue weighted by atomic mass is 16.1. The molecule has 0 saturated carbocycles. The fraction of sp³-hybridized carbons (Fsp3) is 0.0952. The zero-order valence-electron chi connectivity index (χ0n) is 14.5. The molecule has 6 heteroatoms. The second kappa shape index (κ2) is 6.25. The molecule has 0 fully saturated rings. The Hall–Kier alpha value is -3.67. The van der Waals surface area contributed by atoms with E-state index in [0.29, 0.717) is 6.54 Å². The standard InChI is InChI=1S/C21H17N5O/c27-21-16-11-18(25-17(16)8-10-23-21)15-5-1-3-13-6-7-19(26-20(13)15)24-14-4-2-9-22-12-14/h1-7,9,11-12,25H,8,10H2,(H,23,27)(H,24,26). The van der Waals surface area contributed by atoms with E-state index in [1.165, 1.54) is 0 Å². The molecule has 0 bridgehead atoms. The zero-order chi connectivity index (χ0) is 18.2. The Bertz CT molecular complexity index is 1150. The maximum Gasteiger partial charge on any atom is 0.253 e. The molecule has 27 heavy (non-hydrogen) atoms. The number of nitrogens with one attached hydrogen (secondary N) is 3. The van der Waals surface area contributed by atoms with Crippen LogP contribution in [0.1, 0.15) is 16.1 Å². The molecule has 0 aliphatic carbocycles. The number of H-pyrrole nitrogens is 1. The van der Waals surface area contributed by atoms with Crippen LogP contribution >= 0.6 is 0 Å². The van der Waals surface area contributed by atoms with Gasteiger partial charge in [-0.15, -0.1) is 0 Å². The molecule has 0 spiro atoms. The largest absolute Gasteiger partial charge is 0.358 e. The molecule has 1 aliphatic rings. The van der Waals surface area contributed by atoms with E-state index < -0.39 is 0 Å². The molecule has 1 amide bonds. The van der Waals surface area contributed by atoms with Crippen LogP contribution in [0.5, 0.6) is 0 Å². The highest BCUT2D eigenvalue weighted by Crippen LogP contribution is 2.30. The van der Waals surface area contributed by atoms with Crippen LogP contribution in [0, 0.1) is 0 Å². The van der Waals surface area contributed by atoms with Crippen LogP contribution in [-0.4, -0.2) is 27.4 Å². The molecular formula is C21H17N5O. The molecule has 4 aromatic rings. The van der Waals surface area contributed by atoms with Gasteiger partial charge in [-0.05, 0) is 30.3 Å². The Balaban J connectivity index is 1.60. The Morgan fingerprint density at radius 1 is 1.04 bits per heavy atom. The third-order valence-electron chi connectivity index (χ3n) is 4.75. The van der Waals surface area contributed by atoms with Crippen molar-refractivity contribution >= 4 is 28.3 Å². The Labute approximate surface area is 155 Å². The van der Waals surface area contributed by atoms with Gasteiger partial charge in [-0.1, -0.05) is 18.2 Å². The third kappa shape index (κ3) is 2.81. The predicted octanol–water partition coefficient (Wildman–Crippen LogP) is 3.65. The molecule has 0 saturated heterocycles. The molecule has 132 valence electrons. The van der Waals surface area contributed by atoms with E-state index in [9.17, 15) is 4.79 Å². The quantitative estimate of drug-likeness (QED) is 0.524. The molecule has 0 atom stereocenters. The van der Waals surface area contributed by atoms with E-state index >= 15 is 0 Å². The first-order valence-electron chi connectivity index (χ1n) is 8.85. The molecule has 1 aliphatic heterocycles. The Morgan fingerprint density at radius 3 is 2.85 bits per heavy atom. The van der Waals surface area contributed by atoms with Crippen LogP contribution < -0.4 is 10.6 Å². The number of pyridine rings is 2. The number of carbonyl (C=O) groups is 1. The molecular weight excluding hydrogens is 338 g/mol. The number of benzene rings is 1. The number of rotatable bonds is 3. The van der Waals surface area contributed by atoms with Gasteiger partial charge >= 0.3 is 0 Å². The van der Waals surface area contributed by atoms with Gasteiger partial charge in [0.05, 0.1) is 23.0 Å². The lowest BCUT2D eigenvalue weighted by Crippen LogP contribution is -2.31. The van der Waals surface area contributed by atoms with Gasteiger partial charge < -0.3 is 15.6 Å².